The molecule has 3 heteroatoms. The maximum atomic E-state index is 11.4. The number of hydrogen-bond donors (Lipinski definition) is 1. The van der Waals surface area contributed by atoms with Gasteiger partial charge in [-0.3, -0.25) is 4.79 Å². The van der Waals surface area contributed by atoms with Crippen LogP contribution in [0.4, 0.5) is 0 Å². The van der Waals surface area contributed by atoms with E-state index >= 15 is 0 Å². The zero-order chi connectivity index (χ0) is 14.4. The second-order valence-electron chi connectivity index (χ2n) is 4.34. The Labute approximate surface area is 118 Å². The molecule has 20 heavy (non-hydrogen) atoms. The molecule has 0 amide bonds. The molecule has 0 aliphatic heterocycles. The fourth-order valence-electron chi connectivity index (χ4n) is 2.05. The molecule has 0 spiro atoms. The van der Waals surface area contributed by atoms with E-state index in [1.54, 1.807) is 6.92 Å². The zero-order valence-electron chi connectivity index (χ0n) is 11.4. The van der Waals surface area contributed by atoms with Crippen LogP contribution in [0.5, 0.6) is 0 Å². The lowest BCUT2D eigenvalue weighted by molar-refractivity contribution is -0.137. The van der Waals surface area contributed by atoms with E-state index in [-0.39, 0.29) is 6.54 Å². The largest absolute Gasteiger partial charge is 0.430 e. The SMILES string of the molecule is CC(OC(=O)CN)=C(c1ccccc1)c1ccccc1. The van der Waals surface area contributed by atoms with Crippen LogP contribution in [0.2, 0.25) is 0 Å². The molecule has 3 nitrogen and oxygen atoms in total. The number of nitrogens with two attached hydrogens (primary N) is 1. The van der Waals surface area contributed by atoms with Gasteiger partial charge in [0.2, 0.25) is 0 Å². The van der Waals surface area contributed by atoms with Gasteiger partial charge in [-0.25, -0.2) is 0 Å². The number of carbonyl (C=O) groups excluding carboxylic acids is 1. The van der Waals surface area contributed by atoms with Crippen LogP contribution < -0.4 is 5.73 Å². The molecular formula is C17H17NO2. The van der Waals surface area contributed by atoms with E-state index < -0.39 is 5.97 Å². The first-order valence-corrected chi connectivity index (χ1v) is 6.45. The van der Waals surface area contributed by atoms with Crippen molar-refractivity contribution >= 4 is 11.5 Å². The zero-order valence-corrected chi connectivity index (χ0v) is 11.4. The van der Waals surface area contributed by atoms with Gasteiger partial charge in [0.05, 0.1) is 6.54 Å². The molecule has 2 rings (SSSR count). The molecule has 2 aromatic carbocycles. The summed E-state index contributed by atoms with van der Waals surface area (Å²) >= 11 is 0. The first-order chi connectivity index (χ1) is 9.72. The van der Waals surface area contributed by atoms with E-state index in [1.807, 2.05) is 60.7 Å². The highest BCUT2D eigenvalue weighted by Crippen LogP contribution is 2.27. The minimum atomic E-state index is -0.438. The second kappa shape index (κ2) is 6.68. The summed E-state index contributed by atoms with van der Waals surface area (Å²) in [5.41, 5.74) is 8.20. The van der Waals surface area contributed by atoms with Crippen molar-refractivity contribution in [1.82, 2.24) is 0 Å². The Morgan fingerprint density at radius 2 is 1.40 bits per heavy atom. The quantitative estimate of drug-likeness (QED) is 0.684. The lowest BCUT2D eigenvalue weighted by Gasteiger charge is -2.13. The highest BCUT2D eigenvalue weighted by atomic mass is 16.5. The van der Waals surface area contributed by atoms with E-state index in [9.17, 15) is 4.79 Å². The maximum Gasteiger partial charge on any atom is 0.324 e. The van der Waals surface area contributed by atoms with Crippen LogP contribution in [0, 0.1) is 0 Å². The molecule has 0 radical (unpaired) electrons. The van der Waals surface area contributed by atoms with E-state index in [0.29, 0.717) is 5.76 Å². The average molecular weight is 267 g/mol. The van der Waals surface area contributed by atoms with Gasteiger partial charge in [-0.2, -0.15) is 0 Å². The first kappa shape index (κ1) is 14.0. The van der Waals surface area contributed by atoms with Gasteiger partial charge in [0, 0.05) is 5.57 Å². The van der Waals surface area contributed by atoms with Gasteiger partial charge in [0.1, 0.15) is 5.76 Å². The van der Waals surface area contributed by atoms with Crippen molar-refractivity contribution in [2.24, 2.45) is 5.73 Å². The molecule has 0 aliphatic rings. The maximum absolute atomic E-state index is 11.4. The van der Waals surface area contributed by atoms with Gasteiger partial charge in [-0.1, -0.05) is 60.7 Å². The number of rotatable bonds is 4. The topological polar surface area (TPSA) is 52.3 Å². The third-order valence-corrected chi connectivity index (χ3v) is 2.91. The Bertz CT molecular complexity index is 562. The lowest BCUT2D eigenvalue weighted by Crippen LogP contribution is -2.16. The van der Waals surface area contributed by atoms with Gasteiger partial charge in [-0.05, 0) is 18.1 Å². The van der Waals surface area contributed by atoms with Crippen LogP contribution in [0.25, 0.3) is 5.57 Å². The van der Waals surface area contributed by atoms with E-state index in [1.165, 1.54) is 0 Å². The molecule has 0 bridgehead atoms. The molecule has 0 heterocycles. The smallest absolute Gasteiger partial charge is 0.324 e. The first-order valence-electron chi connectivity index (χ1n) is 6.45. The predicted molar refractivity (Wildman–Crippen MR) is 79.7 cm³/mol. The second-order valence-corrected chi connectivity index (χ2v) is 4.34. The number of ether oxygens (including phenoxy) is 1. The van der Waals surface area contributed by atoms with Crippen molar-refractivity contribution in [3.05, 3.63) is 77.5 Å². The van der Waals surface area contributed by atoms with E-state index in [4.69, 9.17) is 10.5 Å². The number of allylic oxidation sites excluding steroid dienone is 1. The Morgan fingerprint density at radius 1 is 0.950 bits per heavy atom. The Morgan fingerprint density at radius 3 is 1.80 bits per heavy atom. The molecule has 0 aromatic heterocycles. The standard InChI is InChI=1S/C17H17NO2/c1-13(20-16(19)12-18)17(14-8-4-2-5-9-14)15-10-6-3-7-11-15/h2-11H,12,18H2,1H3. The van der Waals surface area contributed by atoms with Gasteiger partial charge >= 0.3 is 5.97 Å². The van der Waals surface area contributed by atoms with Crippen LogP contribution >= 0.6 is 0 Å². The van der Waals surface area contributed by atoms with Crippen LogP contribution in [0.3, 0.4) is 0 Å². The monoisotopic (exact) mass is 267 g/mol. The summed E-state index contributed by atoms with van der Waals surface area (Å²) < 4.78 is 5.29. The molecule has 0 aliphatic carbocycles. The van der Waals surface area contributed by atoms with Crippen molar-refractivity contribution in [2.75, 3.05) is 6.54 Å². The Hall–Kier alpha value is -2.39. The lowest BCUT2D eigenvalue weighted by atomic mass is 9.97. The molecule has 0 saturated heterocycles. The van der Waals surface area contributed by atoms with Crippen molar-refractivity contribution in [2.45, 2.75) is 6.92 Å². The molecule has 0 unspecified atom stereocenters. The third kappa shape index (κ3) is 3.33. The van der Waals surface area contributed by atoms with Gasteiger partial charge < -0.3 is 10.5 Å². The summed E-state index contributed by atoms with van der Waals surface area (Å²) in [7, 11) is 0. The number of carbonyl (C=O) groups is 1. The third-order valence-electron chi connectivity index (χ3n) is 2.91. The predicted octanol–water partition coefficient (Wildman–Crippen LogP) is 2.97. The highest BCUT2D eigenvalue weighted by molar-refractivity contribution is 5.83. The molecule has 0 fully saturated rings. The summed E-state index contributed by atoms with van der Waals surface area (Å²) in [4.78, 5) is 11.4. The molecule has 2 aromatic rings. The molecule has 102 valence electrons. The van der Waals surface area contributed by atoms with Crippen LogP contribution in [-0.2, 0) is 9.53 Å². The van der Waals surface area contributed by atoms with Crippen LogP contribution in [0.15, 0.2) is 66.4 Å². The van der Waals surface area contributed by atoms with Crippen LogP contribution in [0.1, 0.15) is 18.1 Å². The summed E-state index contributed by atoms with van der Waals surface area (Å²) in [6.45, 7) is 1.65. The normalized spacial score (nSPS) is 9.90. The number of hydrogen-bond acceptors (Lipinski definition) is 3. The van der Waals surface area contributed by atoms with Crippen molar-refractivity contribution in [3.63, 3.8) is 0 Å². The molecule has 0 atom stereocenters. The minimum absolute atomic E-state index is 0.131. The van der Waals surface area contributed by atoms with Crippen molar-refractivity contribution < 1.29 is 9.53 Å². The van der Waals surface area contributed by atoms with Gasteiger partial charge in [0.15, 0.2) is 0 Å². The molecule has 0 saturated carbocycles. The number of esters is 1. The minimum Gasteiger partial charge on any atom is -0.430 e. The summed E-state index contributed by atoms with van der Waals surface area (Å²) in [5, 5.41) is 0. The van der Waals surface area contributed by atoms with Gasteiger partial charge in [0.25, 0.3) is 0 Å². The molecule has 2 N–H and O–H groups in total. The fourth-order valence-corrected chi connectivity index (χ4v) is 2.05. The highest BCUT2D eigenvalue weighted by Gasteiger charge is 2.12. The van der Waals surface area contributed by atoms with E-state index in [0.717, 1.165) is 16.7 Å². The molecular weight excluding hydrogens is 250 g/mol. The number of benzene rings is 2. The van der Waals surface area contributed by atoms with Crippen LogP contribution in [-0.4, -0.2) is 12.5 Å². The Balaban J connectivity index is 2.50. The van der Waals surface area contributed by atoms with E-state index in [2.05, 4.69) is 0 Å². The van der Waals surface area contributed by atoms with Crippen molar-refractivity contribution in [1.29, 1.82) is 0 Å². The summed E-state index contributed by atoms with van der Waals surface area (Å²) in [6, 6.07) is 19.7. The fraction of sp³-hybridized carbons (Fsp3) is 0.118. The summed E-state index contributed by atoms with van der Waals surface area (Å²) in [5.74, 6) is 0.115. The summed E-state index contributed by atoms with van der Waals surface area (Å²) in [6.07, 6.45) is 0. The Kier molecular flexibility index (Phi) is 4.69. The van der Waals surface area contributed by atoms with Crippen molar-refractivity contribution in [3.8, 4) is 0 Å². The van der Waals surface area contributed by atoms with Gasteiger partial charge in [-0.15, -0.1) is 0 Å². The average Bonchev–Trinajstić information content (AvgIpc) is 2.49.